The molecule has 0 radical (unpaired) electrons. The number of carbonyl (C=O) groups excluding carboxylic acids is 2. The van der Waals surface area contributed by atoms with Crippen molar-refractivity contribution in [3.05, 3.63) is 89.1 Å². The van der Waals surface area contributed by atoms with Crippen LogP contribution in [0.3, 0.4) is 0 Å². The molecule has 0 spiro atoms. The molecule has 2 aliphatic heterocycles. The number of amides is 2. The zero-order valence-electron chi connectivity index (χ0n) is 20.3. The maximum absolute atomic E-state index is 13.7. The van der Waals surface area contributed by atoms with E-state index in [-0.39, 0.29) is 17.5 Å². The molecule has 0 aromatic heterocycles. The van der Waals surface area contributed by atoms with Crippen LogP contribution < -0.4 is 19.9 Å². The van der Waals surface area contributed by atoms with Crippen molar-refractivity contribution in [2.45, 2.75) is 26.7 Å². The zero-order chi connectivity index (χ0) is 24.5. The highest BCUT2D eigenvalue weighted by Crippen LogP contribution is 2.35. The van der Waals surface area contributed by atoms with Crippen LogP contribution in [-0.4, -0.2) is 32.0 Å². The normalized spacial score (nSPS) is 15.9. The lowest BCUT2D eigenvalue weighted by molar-refractivity contribution is -0.120. The summed E-state index contributed by atoms with van der Waals surface area (Å²) in [6.07, 6.45) is 2.42. The molecule has 3 aromatic rings. The van der Waals surface area contributed by atoms with E-state index in [1.807, 2.05) is 56.3 Å². The molecule has 1 saturated heterocycles. The second-order valence-corrected chi connectivity index (χ2v) is 9.14. The van der Waals surface area contributed by atoms with Crippen molar-refractivity contribution in [2.75, 3.05) is 35.3 Å². The van der Waals surface area contributed by atoms with Gasteiger partial charge in [-0.2, -0.15) is 0 Å². The summed E-state index contributed by atoms with van der Waals surface area (Å²) in [5, 5.41) is 3.26. The number of carbonyl (C=O) groups is 2. The van der Waals surface area contributed by atoms with Crippen molar-refractivity contribution in [1.29, 1.82) is 0 Å². The molecule has 2 heterocycles. The number of nitrogens with one attached hydrogen (secondary N) is 1. The van der Waals surface area contributed by atoms with Gasteiger partial charge in [0.25, 0.3) is 11.8 Å². The summed E-state index contributed by atoms with van der Waals surface area (Å²) >= 11 is 0. The Bertz CT molecular complexity index is 1280. The van der Waals surface area contributed by atoms with Crippen molar-refractivity contribution in [2.24, 2.45) is 0 Å². The third-order valence-corrected chi connectivity index (χ3v) is 6.54. The molecule has 6 nitrogen and oxygen atoms in total. The number of aryl methyl sites for hydroxylation is 2. The van der Waals surface area contributed by atoms with Crippen molar-refractivity contribution in [3.8, 4) is 5.75 Å². The van der Waals surface area contributed by atoms with E-state index in [9.17, 15) is 9.59 Å². The molecule has 2 amide bonds. The van der Waals surface area contributed by atoms with Crippen molar-refractivity contribution in [3.63, 3.8) is 0 Å². The Labute approximate surface area is 205 Å². The van der Waals surface area contributed by atoms with Gasteiger partial charge in [0, 0.05) is 24.5 Å². The Balaban J connectivity index is 1.53. The van der Waals surface area contributed by atoms with Gasteiger partial charge in [0.15, 0.2) is 0 Å². The van der Waals surface area contributed by atoms with Gasteiger partial charge in [-0.15, -0.1) is 0 Å². The fraction of sp³-hybridized carbons (Fsp3) is 0.241. The van der Waals surface area contributed by atoms with E-state index in [1.54, 1.807) is 19.2 Å². The first-order valence-corrected chi connectivity index (χ1v) is 11.9. The Morgan fingerprint density at radius 3 is 2.00 bits per heavy atom. The Hall–Kier alpha value is -4.06. The lowest BCUT2D eigenvalue weighted by Gasteiger charge is -2.18. The number of rotatable bonds is 6. The fourth-order valence-electron chi connectivity index (χ4n) is 4.86. The summed E-state index contributed by atoms with van der Waals surface area (Å²) in [6.45, 7) is 6.05. The van der Waals surface area contributed by atoms with Gasteiger partial charge < -0.3 is 15.0 Å². The summed E-state index contributed by atoms with van der Waals surface area (Å²) in [7, 11) is 1.60. The van der Waals surface area contributed by atoms with E-state index in [0.717, 1.165) is 29.9 Å². The minimum Gasteiger partial charge on any atom is -0.497 e. The van der Waals surface area contributed by atoms with Crippen LogP contribution in [-0.2, 0) is 9.59 Å². The third-order valence-electron chi connectivity index (χ3n) is 6.54. The Kier molecular flexibility index (Phi) is 6.03. The van der Waals surface area contributed by atoms with E-state index in [2.05, 4.69) is 22.3 Å². The molecule has 2 aliphatic rings. The molecule has 1 fully saturated rings. The van der Waals surface area contributed by atoms with Crippen LogP contribution in [0, 0.1) is 13.8 Å². The molecule has 35 heavy (non-hydrogen) atoms. The number of ether oxygens (including phenoxy) is 1. The quantitative estimate of drug-likeness (QED) is 0.498. The second kappa shape index (κ2) is 9.29. The minimum absolute atomic E-state index is 0.272. The fourth-order valence-corrected chi connectivity index (χ4v) is 4.86. The highest BCUT2D eigenvalue weighted by molar-refractivity contribution is 6.46. The molecular weight excluding hydrogens is 438 g/mol. The summed E-state index contributed by atoms with van der Waals surface area (Å²) < 4.78 is 5.27. The smallest absolute Gasteiger partial charge is 0.282 e. The summed E-state index contributed by atoms with van der Waals surface area (Å²) in [6, 6.07) is 21.0. The van der Waals surface area contributed by atoms with Gasteiger partial charge in [0.2, 0.25) is 0 Å². The first-order chi connectivity index (χ1) is 16.9. The van der Waals surface area contributed by atoms with Crippen LogP contribution in [0.25, 0.3) is 5.57 Å². The molecule has 5 rings (SSSR count). The van der Waals surface area contributed by atoms with E-state index in [1.165, 1.54) is 23.4 Å². The third kappa shape index (κ3) is 4.39. The minimum atomic E-state index is -0.366. The topological polar surface area (TPSA) is 61.9 Å². The largest absolute Gasteiger partial charge is 0.497 e. The molecule has 3 aromatic carbocycles. The van der Waals surface area contributed by atoms with E-state index in [0.29, 0.717) is 22.6 Å². The zero-order valence-corrected chi connectivity index (χ0v) is 20.3. The highest BCUT2D eigenvalue weighted by atomic mass is 16.5. The molecule has 0 aliphatic carbocycles. The SMILES string of the molecule is COc1ccc(C2=C(Nc3ccc(N4CCCC4)cc3)C(=O)N(c3cc(C)cc(C)c3)C2=O)cc1. The van der Waals surface area contributed by atoms with Gasteiger partial charge in [-0.25, -0.2) is 4.90 Å². The van der Waals surface area contributed by atoms with Crippen molar-refractivity contribution < 1.29 is 14.3 Å². The van der Waals surface area contributed by atoms with Gasteiger partial charge in [0.05, 0.1) is 18.4 Å². The van der Waals surface area contributed by atoms with Crippen molar-refractivity contribution in [1.82, 2.24) is 0 Å². The van der Waals surface area contributed by atoms with Crippen LogP contribution >= 0.6 is 0 Å². The predicted molar refractivity (Wildman–Crippen MR) is 140 cm³/mol. The monoisotopic (exact) mass is 467 g/mol. The first kappa shape index (κ1) is 22.7. The number of imide groups is 1. The van der Waals surface area contributed by atoms with Gasteiger partial charge in [-0.3, -0.25) is 9.59 Å². The predicted octanol–water partition coefficient (Wildman–Crippen LogP) is 5.31. The number of hydrogen-bond donors (Lipinski definition) is 1. The summed E-state index contributed by atoms with van der Waals surface area (Å²) in [5.41, 5.74) is 5.77. The molecule has 178 valence electrons. The van der Waals surface area contributed by atoms with E-state index < -0.39 is 0 Å². The molecule has 0 unspecified atom stereocenters. The molecule has 0 bridgehead atoms. The number of nitrogens with zero attached hydrogens (tertiary/aromatic N) is 2. The molecular formula is C29H29N3O3. The van der Waals surface area contributed by atoms with Gasteiger partial charge in [-0.05, 0) is 91.9 Å². The Morgan fingerprint density at radius 1 is 0.771 bits per heavy atom. The van der Waals surface area contributed by atoms with Crippen LogP contribution in [0.2, 0.25) is 0 Å². The maximum Gasteiger partial charge on any atom is 0.282 e. The van der Waals surface area contributed by atoms with Crippen molar-refractivity contribution >= 4 is 34.4 Å². The summed E-state index contributed by atoms with van der Waals surface area (Å²) in [5.74, 6) is -0.0277. The number of hydrogen-bond acceptors (Lipinski definition) is 5. The lowest BCUT2D eigenvalue weighted by Crippen LogP contribution is -2.32. The molecule has 0 atom stereocenters. The second-order valence-electron chi connectivity index (χ2n) is 9.14. The molecule has 1 N–H and O–H groups in total. The standard InChI is InChI=1S/C29H29N3O3/c1-19-16-20(2)18-24(17-19)32-28(33)26(21-6-12-25(35-3)13-7-21)27(29(32)34)30-22-8-10-23(11-9-22)31-14-4-5-15-31/h6-13,16-18,30H,4-5,14-15H2,1-3H3. The highest BCUT2D eigenvalue weighted by Gasteiger charge is 2.40. The Morgan fingerprint density at radius 2 is 1.40 bits per heavy atom. The lowest BCUT2D eigenvalue weighted by atomic mass is 10.0. The average molecular weight is 468 g/mol. The van der Waals surface area contributed by atoms with Crippen LogP contribution in [0.4, 0.5) is 17.1 Å². The van der Waals surface area contributed by atoms with E-state index >= 15 is 0 Å². The molecule has 0 saturated carbocycles. The summed E-state index contributed by atoms with van der Waals surface area (Å²) in [4.78, 5) is 31.0. The van der Waals surface area contributed by atoms with E-state index in [4.69, 9.17) is 4.74 Å². The first-order valence-electron chi connectivity index (χ1n) is 11.9. The van der Waals surface area contributed by atoms with Crippen LogP contribution in [0.15, 0.2) is 72.4 Å². The number of anilines is 3. The molecule has 6 heteroatoms. The maximum atomic E-state index is 13.7. The van der Waals surface area contributed by atoms with Gasteiger partial charge >= 0.3 is 0 Å². The van der Waals surface area contributed by atoms with Crippen LogP contribution in [0.5, 0.6) is 5.75 Å². The van der Waals surface area contributed by atoms with Crippen LogP contribution in [0.1, 0.15) is 29.5 Å². The average Bonchev–Trinajstić information content (AvgIpc) is 3.46. The number of methoxy groups -OCH3 is 1. The number of benzene rings is 3. The van der Waals surface area contributed by atoms with Gasteiger partial charge in [-0.1, -0.05) is 18.2 Å². The van der Waals surface area contributed by atoms with Gasteiger partial charge in [0.1, 0.15) is 11.4 Å².